The third-order valence-corrected chi connectivity index (χ3v) is 4.04. The summed E-state index contributed by atoms with van der Waals surface area (Å²) in [5.41, 5.74) is 2.63. The lowest BCUT2D eigenvalue weighted by Crippen LogP contribution is -2.09. The van der Waals surface area contributed by atoms with Gasteiger partial charge in [-0.3, -0.25) is 4.79 Å². The molecule has 0 N–H and O–H groups in total. The number of fused-ring (bicyclic) bond motifs is 1. The molecule has 128 valence electrons. The molecular weight excluding hydrogens is 318 g/mol. The predicted octanol–water partition coefficient (Wildman–Crippen LogP) is 3.75. The first kappa shape index (κ1) is 16.8. The first-order chi connectivity index (χ1) is 12.2. The van der Waals surface area contributed by atoms with Crippen molar-refractivity contribution in [2.24, 2.45) is 7.05 Å². The third kappa shape index (κ3) is 3.26. The number of carbonyl (C=O) groups excluding carboxylic acids is 2. The van der Waals surface area contributed by atoms with Crippen molar-refractivity contribution in [1.29, 1.82) is 0 Å². The fraction of sp³-hybridized carbons (Fsp3) is 0.200. The number of benzene rings is 2. The first-order valence-corrected chi connectivity index (χ1v) is 8.07. The van der Waals surface area contributed by atoms with Gasteiger partial charge in [0.1, 0.15) is 18.1 Å². The van der Waals surface area contributed by atoms with Gasteiger partial charge < -0.3 is 14.0 Å². The summed E-state index contributed by atoms with van der Waals surface area (Å²) in [5.74, 6) is 0.189. The minimum atomic E-state index is -0.424. The van der Waals surface area contributed by atoms with Crippen LogP contribution in [0.4, 0.5) is 0 Å². The smallest absolute Gasteiger partial charge is 0.354 e. The SMILES string of the molecule is CCOC(=O)c1cc2c(C=O)ccc(OCc3ccccc3)c2n1C. The summed E-state index contributed by atoms with van der Waals surface area (Å²) in [4.78, 5) is 23.5. The highest BCUT2D eigenvalue weighted by Crippen LogP contribution is 2.31. The van der Waals surface area contributed by atoms with E-state index in [1.807, 2.05) is 30.3 Å². The Bertz CT molecular complexity index is 912. The molecule has 2 aromatic carbocycles. The summed E-state index contributed by atoms with van der Waals surface area (Å²) in [6.07, 6.45) is 0.776. The van der Waals surface area contributed by atoms with Crippen LogP contribution < -0.4 is 4.74 Å². The molecule has 0 saturated heterocycles. The van der Waals surface area contributed by atoms with E-state index in [2.05, 4.69) is 0 Å². The van der Waals surface area contributed by atoms with Crippen molar-refractivity contribution in [3.63, 3.8) is 0 Å². The number of esters is 1. The van der Waals surface area contributed by atoms with Crippen LogP contribution in [0.2, 0.25) is 0 Å². The summed E-state index contributed by atoms with van der Waals surface area (Å²) in [7, 11) is 1.76. The van der Waals surface area contributed by atoms with E-state index in [0.29, 0.717) is 34.5 Å². The summed E-state index contributed by atoms with van der Waals surface area (Å²) < 4.78 is 12.8. The van der Waals surface area contributed by atoms with Gasteiger partial charge in [-0.05, 0) is 30.7 Å². The zero-order valence-corrected chi connectivity index (χ0v) is 14.2. The Balaban J connectivity index is 2.03. The van der Waals surface area contributed by atoms with E-state index >= 15 is 0 Å². The average molecular weight is 337 g/mol. The molecule has 5 nitrogen and oxygen atoms in total. The highest BCUT2D eigenvalue weighted by Gasteiger charge is 2.19. The van der Waals surface area contributed by atoms with Gasteiger partial charge in [0.05, 0.1) is 12.1 Å². The molecule has 3 aromatic rings. The van der Waals surface area contributed by atoms with Crippen LogP contribution in [0, 0.1) is 0 Å². The van der Waals surface area contributed by atoms with Gasteiger partial charge in [0.15, 0.2) is 6.29 Å². The molecule has 0 amide bonds. The molecule has 0 saturated carbocycles. The average Bonchev–Trinajstić information content (AvgIpc) is 2.99. The fourth-order valence-electron chi connectivity index (χ4n) is 2.81. The molecule has 0 aliphatic rings. The van der Waals surface area contributed by atoms with Crippen LogP contribution in [0.25, 0.3) is 10.9 Å². The highest BCUT2D eigenvalue weighted by atomic mass is 16.5. The lowest BCUT2D eigenvalue weighted by Gasteiger charge is -2.11. The van der Waals surface area contributed by atoms with Gasteiger partial charge in [0.25, 0.3) is 0 Å². The zero-order valence-electron chi connectivity index (χ0n) is 14.2. The van der Waals surface area contributed by atoms with Crippen LogP contribution in [0.1, 0.15) is 33.3 Å². The van der Waals surface area contributed by atoms with Crippen molar-refractivity contribution in [2.75, 3.05) is 6.61 Å². The second-order valence-electron chi connectivity index (χ2n) is 5.62. The molecule has 0 radical (unpaired) electrons. The van der Waals surface area contributed by atoms with Crippen LogP contribution >= 0.6 is 0 Å². The normalized spacial score (nSPS) is 10.6. The molecular formula is C20H19NO4. The number of nitrogens with zero attached hydrogens (tertiary/aromatic N) is 1. The molecule has 1 heterocycles. The summed E-state index contributed by atoms with van der Waals surface area (Å²) in [6.45, 7) is 2.44. The van der Waals surface area contributed by atoms with E-state index in [-0.39, 0.29) is 6.61 Å². The van der Waals surface area contributed by atoms with Crippen LogP contribution in [-0.2, 0) is 18.4 Å². The monoisotopic (exact) mass is 337 g/mol. The van der Waals surface area contributed by atoms with Gasteiger partial charge >= 0.3 is 5.97 Å². The van der Waals surface area contributed by atoms with Crippen molar-refractivity contribution in [3.8, 4) is 5.75 Å². The minimum absolute atomic E-state index is 0.290. The maximum Gasteiger partial charge on any atom is 0.354 e. The first-order valence-electron chi connectivity index (χ1n) is 8.07. The number of ether oxygens (including phenoxy) is 2. The van der Waals surface area contributed by atoms with Crippen LogP contribution in [0.5, 0.6) is 5.75 Å². The standard InChI is InChI=1S/C20H19NO4/c1-3-24-20(23)17-11-16-15(12-22)9-10-18(19(16)21(17)2)25-13-14-7-5-4-6-8-14/h4-12H,3,13H2,1-2H3. The molecule has 5 heteroatoms. The fourth-order valence-corrected chi connectivity index (χ4v) is 2.81. The second-order valence-corrected chi connectivity index (χ2v) is 5.62. The molecule has 0 atom stereocenters. The largest absolute Gasteiger partial charge is 0.487 e. The van der Waals surface area contributed by atoms with Crippen LogP contribution in [0.15, 0.2) is 48.5 Å². The van der Waals surface area contributed by atoms with Crippen LogP contribution in [-0.4, -0.2) is 23.4 Å². The Labute approximate surface area is 145 Å². The molecule has 0 aliphatic heterocycles. The van der Waals surface area contributed by atoms with E-state index in [4.69, 9.17) is 9.47 Å². The Kier molecular flexibility index (Phi) is 4.84. The van der Waals surface area contributed by atoms with Crippen molar-refractivity contribution in [1.82, 2.24) is 4.57 Å². The summed E-state index contributed by atoms with van der Waals surface area (Å²) >= 11 is 0. The predicted molar refractivity (Wildman–Crippen MR) is 95.0 cm³/mol. The number of hydrogen-bond donors (Lipinski definition) is 0. The molecule has 0 bridgehead atoms. The lowest BCUT2D eigenvalue weighted by atomic mass is 10.1. The molecule has 0 aliphatic carbocycles. The molecule has 1 aromatic heterocycles. The number of aryl methyl sites for hydroxylation is 1. The summed E-state index contributed by atoms with van der Waals surface area (Å²) in [5, 5.41) is 0.672. The zero-order chi connectivity index (χ0) is 17.8. The minimum Gasteiger partial charge on any atom is -0.487 e. The Morgan fingerprint density at radius 2 is 1.92 bits per heavy atom. The number of carbonyl (C=O) groups is 2. The second kappa shape index (κ2) is 7.21. The van der Waals surface area contributed by atoms with Gasteiger partial charge in [-0.2, -0.15) is 0 Å². The van der Waals surface area contributed by atoms with Gasteiger partial charge in [-0.25, -0.2) is 4.79 Å². The molecule has 0 unspecified atom stereocenters. The highest BCUT2D eigenvalue weighted by molar-refractivity contribution is 6.04. The van der Waals surface area contributed by atoms with E-state index in [9.17, 15) is 9.59 Å². The summed E-state index contributed by atoms with van der Waals surface area (Å²) in [6, 6.07) is 14.9. The Morgan fingerprint density at radius 1 is 1.16 bits per heavy atom. The van der Waals surface area contributed by atoms with E-state index in [0.717, 1.165) is 11.8 Å². The third-order valence-electron chi connectivity index (χ3n) is 4.04. The van der Waals surface area contributed by atoms with Gasteiger partial charge in [-0.15, -0.1) is 0 Å². The van der Waals surface area contributed by atoms with Crippen molar-refractivity contribution < 1.29 is 19.1 Å². The maximum atomic E-state index is 12.2. The number of rotatable bonds is 6. The van der Waals surface area contributed by atoms with Crippen LogP contribution in [0.3, 0.4) is 0 Å². The number of aldehydes is 1. The number of aromatic nitrogens is 1. The molecule has 0 spiro atoms. The van der Waals surface area contributed by atoms with Crippen molar-refractivity contribution in [2.45, 2.75) is 13.5 Å². The van der Waals surface area contributed by atoms with Gasteiger partial charge in [-0.1, -0.05) is 30.3 Å². The van der Waals surface area contributed by atoms with E-state index in [1.165, 1.54) is 0 Å². The molecule has 25 heavy (non-hydrogen) atoms. The van der Waals surface area contributed by atoms with E-state index in [1.54, 1.807) is 36.7 Å². The number of hydrogen-bond acceptors (Lipinski definition) is 4. The topological polar surface area (TPSA) is 57.5 Å². The van der Waals surface area contributed by atoms with Gasteiger partial charge in [0, 0.05) is 18.0 Å². The lowest BCUT2D eigenvalue weighted by molar-refractivity contribution is 0.0515. The quantitative estimate of drug-likeness (QED) is 0.508. The Morgan fingerprint density at radius 3 is 2.60 bits per heavy atom. The van der Waals surface area contributed by atoms with E-state index < -0.39 is 5.97 Å². The molecule has 3 rings (SSSR count). The van der Waals surface area contributed by atoms with Crippen molar-refractivity contribution in [3.05, 3.63) is 65.4 Å². The van der Waals surface area contributed by atoms with Gasteiger partial charge in [0.2, 0.25) is 0 Å². The molecule has 0 fully saturated rings. The van der Waals surface area contributed by atoms with Crippen molar-refractivity contribution >= 4 is 23.2 Å². The maximum absolute atomic E-state index is 12.2. The Hall–Kier alpha value is -3.08.